The van der Waals surface area contributed by atoms with Gasteiger partial charge in [0.2, 0.25) is 5.91 Å². The molecule has 2 fully saturated rings. The highest BCUT2D eigenvalue weighted by atomic mass is 16.5. The van der Waals surface area contributed by atoms with Crippen LogP contribution < -0.4 is 10.1 Å². The number of benzene rings is 1. The highest BCUT2D eigenvalue weighted by Crippen LogP contribution is 2.24. The molecular weight excluding hydrogens is 314 g/mol. The van der Waals surface area contributed by atoms with Crippen LogP contribution in [0.3, 0.4) is 0 Å². The number of piperazine rings is 1. The lowest BCUT2D eigenvalue weighted by molar-refractivity contribution is -0.117. The molecule has 1 saturated carbocycles. The molecule has 0 spiro atoms. The van der Waals surface area contributed by atoms with Crippen LogP contribution in [0.1, 0.15) is 39.0 Å². The Labute approximate surface area is 151 Å². The quantitative estimate of drug-likeness (QED) is 0.861. The summed E-state index contributed by atoms with van der Waals surface area (Å²) in [4.78, 5) is 17.3. The van der Waals surface area contributed by atoms with Crippen LogP contribution in [-0.2, 0) is 4.79 Å². The highest BCUT2D eigenvalue weighted by Gasteiger charge is 2.25. The van der Waals surface area contributed by atoms with Gasteiger partial charge >= 0.3 is 0 Å². The normalized spacial score (nSPS) is 20.4. The lowest BCUT2D eigenvalue weighted by Crippen LogP contribution is -2.52. The third kappa shape index (κ3) is 5.19. The molecule has 5 nitrogen and oxygen atoms in total. The molecule has 1 heterocycles. The number of carbonyl (C=O) groups excluding carboxylic acids is 1. The molecule has 1 aliphatic heterocycles. The Hall–Kier alpha value is -1.59. The first-order valence-electron chi connectivity index (χ1n) is 9.74. The lowest BCUT2D eigenvalue weighted by Gasteiger charge is -2.40. The molecule has 0 radical (unpaired) electrons. The van der Waals surface area contributed by atoms with Gasteiger partial charge in [-0.3, -0.25) is 14.6 Å². The van der Waals surface area contributed by atoms with Gasteiger partial charge in [-0.2, -0.15) is 0 Å². The van der Waals surface area contributed by atoms with Gasteiger partial charge in [-0.1, -0.05) is 31.4 Å². The van der Waals surface area contributed by atoms with Gasteiger partial charge in [0.05, 0.1) is 18.8 Å². The van der Waals surface area contributed by atoms with E-state index in [9.17, 15) is 4.79 Å². The number of hydrogen-bond donors (Lipinski definition) is 1. The molecule has 25 heavy (non-hydrogen) atoms. The molecule has 0 bridgehead atoms. The number of para-hydroxylation sites is 2. The van der Waals surface area contributed by atoms with Crippen molar-refractivity contribution >= 4 is 11.6 Å². The van der Waals surface area contributed by atoms with Crippen molar-refractivity contribution in [1.82, 2.24) is 9.80 Å². The summed E-state index contributed by atoms with van der Waals surface area (Å²) in [6.07, 6.45) is 6.88. The van der Waals surface area contributed by atoms with E-state index in [4.69, 9.17) is 4.74 Å². The van der Waals surface area contributed by atoms with Gasteiger partial charge in [-0.15, -0.1) is 0 Å². The predicted octanol–water partition coefficient (Wildman–Crippen LogP) is 2.97. The van der Waals surface area contributed by atoms with Gasteiger partial charge in [0.25, 0.3) is 0 Å². The van der Waals surface area contributed by atoms with Gasteiger partial charge in [0.1, 0.15) is 5.75 Å². The van der Waals surface area contributed by atoms with Crippen LogP contribution in [0.25, 0.3) is 0 Å². The van der Waals surface area contributed by atoms with E-state index in [1.54, 1.807) is 0 Å². The summed E-state index contributed by atoms with van der Waals surface area (Å²) in [5.41, 5.74) is 0.759. The third-order valence-corrected chi connectivity index (χ3v) is 5.33. The Kier molecular flexibility index (Phi) is 6.70. The first kappa shape index (κ1) is 18.2. The van der Waals surface area contributed by atoms with Crippen molar-refractivity contribution < 1.29 is 9.53 Å². The van der Waals surface area contributed by atoms with Crippen molar-refractivity contribution in [2.75, 3.05) is 44.6 Å². The lowest BCUT2D eigenvalue weighted by atomic mass is 9.94. The van der Waals surface area contributed by atoms with Gasteiger partial charge in [-0.25, -0.2) is 0 Å². The molecule has 5 heteroatoms. The second-order valence-corrected chi connectivity index (χ2v) is 7.08. The summed E-state index contributed by atoms with van der Waals surface area (Å²) < 4.78 is 5.57. The van der Waals surface area contributed by atoms with E-state index >= 15 is 0 Å². The van der Waals surface area contributed by atoms with E-state index in [1.807, 2.05) is 31.2 Å². The van der Waals surface area contributed by atoms with Crippen LogP contribution >= 0.6 is 0 Å². The monoisotopic (exact) mass is 345 g/mol. The van der Waals surface area contributed by atoms with Crippen molar-refractivity contribution in [2.45, 2.75) is 45.1 Å². The van der Waals surface area contributed by atoms with E-state index in [0.29, 0.717) is 13.2 Å². The van der Waals surface area contributed by atoms with Gasteiger partial charge in [-0.05, 0) is 31.9 Å². The SMILES string of the molecule is CCOc1ccccc1NC(=O)CN1CCN(C2CCCCC2)CC1. The minimum Gasteiger partial charge on any atom is -0.492 e. The van der Waals surface area contributed by atoms with Crippen molar-refractivity contribution in [1.29, 1.82) is 0 Å². The van der Waals surface area contributed by atoms with Crippen LogP contribution in [0.4, 0.5) is 5.69 Å². The molecule has 0 aromatic heterocycles. The Morgan fingerprint density at radius 2 is 1.84 bits per heavy atom. The minimum absolute atomic E-state index is 0.0401. The Morgan fingerprint density at radius 3 is 2.56 bits per heavy atom. The first-order chi connectivity index (χ1) is 12.3. The van der Waals surface area contributed by atoms with Gasteiger partial charge < -0.3 is 10.1 Å². The molecule has 1 saturated heterocycles. The number of ether oxygens (including phenoxy) is 1. The average Bonchev–Trinajstić information content (AvgIpc) is 2.65. The predicted molar refractivity (Wildman–Crippen MR) is 101 cm³/mol. The number of nitrogens with zero attached hydrogens (tertiary/aromatic N) is 2. The molecule has 2 aliphatic rings. The fraction of sp³-hybridized carbons (Fsp3) is 0.650. The third-order valence-electron chi connectivity index (χ3n) is 5.33. The number of anilines is 1. The van der Waals surface area contributed by atoms with E-state index in [-0.39, 0.29) is 5.91 Å². The zero-order valence-electron chi connectivity index (χ0n) is 15.4. The van der Waals surface area contributed by atoms with Crippen LogP contribution in [0.5, 0.6) is 5.75 Å². The summed E-state index contributed by atoms with van der Waals surface area (Å²) in [6.45, 7) is 7.15. The number of carbonyl (C=O) groups is 1. The zero-order chi connectivity index (χ0) is 17.5. The molecular formula is C20H31N3O2. The summed E-state index contributed by atoms with van der Waals surface area (Å²) >= 11 is 0. The molecule has 0 unspecified atom stereocenters. The fourth-order valence-corrected chi connectivity index (χ4v) is 3.98. The second kappa shape index (κ2) is 9.20. The number of rotatable bonds is 6. The van der Waals surface area contributed by atoms with Crippen molar-refractivity contribution in [3.05, 3.63) is 24.3 Å². The largest absolute Gasteiger partial charge is 0.492 e. The minimum atomic E-state index is 0.0401. The Bertz CT molecular complexity index is 550. The molecule has 138 valence electrons. The summed E-state index contributed by atoms with van der Waals surface area (Å²) in [5, 5.41) is 3.00. The molecule has 1 amide bonds. The summed E-state index contributed by atoms with van der Waals surface area (Å²) in [5.74, 6) is 0.777. The number of amides is 1. The molecule has 1 aliphatic carbocycles. The fourth-order valence-electron chi connectivity index (χ4n) is 3.98. The maximum absolute atomic E-state index is 12.4. The van der Waals surface area contributed by atoms with E-state index < -0.39 is 0 Å². The summed E-state index contributed by atoms with van der Waals surface area (Å²) in [7, 11) is 0. The van der Waals surface area contributed by atoms with Crippen molar-refractivity contribution in [2.24, 2.45) is 0 Å². The standard InChI is InChI=1S/C20H31N3O2/c1-2-25-19-11-7-6-10-18(19)21-20(24)16-22-12-14-23(15-13-22)17-8-4-3-5-9-17/h6-7,10-11,17H,2-5,8-9,12-16H2,1H3,(H,21,24). The van der Waals surface area contributed by atoms with Gasteiger partial charge in [0, 0.05) is 32.2 Å². The number of nitrogens with one attached hydrogen (secondary N) is 1. The molecule has 0 atom stereocenters. The maximum Gasteiger partial charge on any atom is 0.238 e. The first-order valence-corrected chi connectivity index (χ1v) is 9.74. The zero-order valence-corrected chi connectivity index (χ0v) is 15.4. The highest BCUT2D eigenvalue weighted by molar-refractivity contribution is 5.93. The van der Waals surface area contributed by atoms with Crippen LogP contribution in [0.2, 0.25) is 0 Å². The van der Waals surface area contributed by atoms with Crippen LogP contribution in [0, 0.1) is 0 Å². The van der Waals surface area contributed by atoms with Crippen LogP contribution in [-0.4, -0.2) is 61.1 Å². The van der Waals surface area contributed by atoms with Crippen molar-refractivity contribution in [3.8, 4) is 5.75 Å². The second-order valence-electron chi connectivity index (χ2n) is 7.08. The molecule has 3 rings (SSSR count). The summed E-state index contributed by atoms with van der Waals surface area (Å²) in [6, 6.07) is 8.40. The molecule has 1 N–H and O–H groups in total. The van der Waals surface area contributed by atoms with Gasteiger partial charge in [0.15, 0.2) is 0 Å². The average molecular weight is 345 g/mol. The topological polar surface area (TPSA) is 44.8 Å². The molecule has 1 aromatic carbocycles. The smallest absolute Gasteiger partial charge is 0.238 e. The Morgan fingerprint density at radius 1 is 1.12 bits per heavy atom. The van der Waals surface area contributed by atoms with E-state index in [1.165, 1.54) is 32.1 Å². The van der Waals surface area contributed by atoms with Crippen LogP contribution in [0.15, 0.2) is 24.3 Å². The van der Waals surface area contributed by atoms with E-state index in [2.05, 4.69) is 15.1 Å². The van der Waals surface area contributed by atoms with Crippen molar-refractivity contribution in [3.63, 3.8) is 0 Å². The Balaban J connectivity index is 1.45. The number of hydrogen-bond acceptors (Lipinski definition) is 4. The molecule has 1 aromatic rings. The maximum atomic E-state index is 12.4. The van der Waals surface area contributed by atoms with E-state index in [0.717, 1.165) is 43.7 Å².